The number of H-pyrrole nitrogens is 2. The number of anilines is 1. The van der Waals surface area contributed by atoms with Gasteiger partial charge in [-0.25, -0.2) is 27.2 Å². The molecule has 0 aliphatic heterocycles. The van der Waals surface area contributed by atoms with Gasteiger partial charge in [-0.15, -0.1) is 0 Å². The Morgan fingerprint density at radius 1 is 1.02 bits per heavy atom. The van der Waals surface area contributed by atoms with Gasteiger partial charge in [-0.1, -0.05) is 18.9 Å². The van der Waals surface area contributed by atoms with E-state index in [0.29, 0.717) is 61.5 Å². The molecule has 2 aromatic carbocycles. The predicted molar refractivity (Wildman–Crippen MR) is 172 cm³/mol. The van der Waals surface area contributed by atoms with Crippen LogP contribution in [0.25, 0.3) is 55.8 Å². The second-order valence-electron chi connectivity index (χ2n) is 11.8. The summed E-state index contributed by atoms with van der Waals surface area (Å²) in [4.78, 5) is 29.2. The largest absolute Gasteiger partial charge is 0.335 e. The minimum absolute atomic E-state index is 0.0214. The molecule has 13 heteroatoms. The number of rotatable bonds is 8. The first kappa shape index (κ1) is 29.7. The summed E-state index contributed by atoms with van der Waals surface area (Å²) in [6.45, 7) is 0. The molecule has 0 saturated heterocycles. The molecule has 46 heavy (non-hydrogen) atoms. The van der Waals surface area contributed by atoms with Crippen LogP contribution in [0, 0.1) is 17.6 Å². The van der Waals surface area contributed by atoms with Gasteiger partial charge in [-0.2, -0.15) is 5.10 Å². The lowest BCUT2D eigenvalue weighted by atomic mass is 10.0. The summed E-state index contributed by atoms with van der Waals surface area (Å²) in [5.74, 6) is -0.786. The molecule has 1 fully saturated rings. The average molecular weight is 642 g/mol. The fourth-order valence-electron chi connectivity index (χ4n) is 6.04. The third-order valence-electron chi connectivity index (χ3n) is 8.34. The Kier molecular flexibility index (Phi) is 7.55. The number of aromatic nitrogens is 6. The molecule has 1 saturated carbocycles. The fourth-order valence-corrected chi connectivity index (χ4v) is 6.65. The van der Waals surface area contributed by atoms with Crippen LogP contribution in [-0.2, 0) is 21.1 Å². The Hall–Kier alpha value is -5.04. The van der Waals surface area contributed by atoms with Gasteiger partial charge in [0.15, 0.2) is 11.5 Å². The zero-order chi connectivity index (χ0) is 32.0. The number of nitrogens with zero attached hydrogens (tertiary/aromatic N) is 4. The van der Waals surface area contributed by atoms with E-state index in [1.807, 2.05) is 0 Å². The number of pyridine rings is 2. The summed E-state index contributed by atoms with van der Waals surface area (Å²) in [6, 6.07) is 10.9. The number of benzene rings is 2. The lowest BCUT2D eigenvalue weighted by Gasteiger charge is -2.11. The molecule has 4 heterocycles. The third kappa shape index (κ3) is 5.97. The molecule has 1 aliphatic rings. The van der Waals surface area contributed by atoms with Gasteiger partial charge < -0.3 is 10.3 Å². The molecule has 6 aromatic rings. The van der Waals surface area contributed by atoms with Crippen LogP contribution in [0.3, 0.4) is 0 Å². The summed E-state index contributed by atoms with van der Waals surface area (Å²) in [5, 5.41) is 10.8. The second-order valence-corrected chi connectivity index (χ2v) is 14.0. The second kappa shape index (κ2) is 11.7. The lowest BCUT2D eigenvalue weighted by molar-refractivity contribution is -0.119. The van der Waals surface area contributed by atoms with Crippen molar-refractivity contribution in [1.82, 2.24) is 30.1 Å². The van der Waals surface area contributed by atoms with Crippen molar-refractivity contribution in [3.8, 4) is 33.8 Å². The number of carbonyl (C=O) groups is 1. The van der Waals surface area contributed by atoms with Gasteiger partial charge in [0.1, 0.15) is 27.2 Å². The first-order valence-corrected chi connectivity index (χ1v) is 16.9. The lowest BCUT2D eigenvalue weighted by Crippen LogP contribution is -2.20. The summed E-state index contributed by atoms with van der Waals surface area (Å²) in [5.41, 5.74) is 4.74. The Balaban J connectivity index is 1.24. The Morgan fingerprint density at radius 2 is 1.85 bits per heavy atom. The molecule has 1 aliphatic carbocycles. The molecule has 1 amide bonds. The van der Waals surface area contributed by atoms with E-state index < -0.39 is 21.5 Å². The van der Waals surface area contributed by atoms with Crippen molar-refractivity contribution in [1.29, 1.82) is 0 Å². The maximum atomic E-state index is 15.4. The van der Waals surface area contributed by atoms with Gasteiger partial charge in [0.25, 0.3) is 0 Å². The maximum Gasteiger partial charge on any atom is 0.227 e. The molecule has 234 valence electrons. The molecular weight excluding hydrogens is 612 g/mol. The van der Waals surface area contributed by atoms with Crippen LogP contribution >= 0.6 is 0 Å². The Labute approximate surface area is 262 Å². The summed E-state index contributed by atoms with van der Waals surface area (Å²) >= 11 is 0. The number of amides is 1. The molecule has 0 spiro atoms. The Morgan fingerprint density at radius 3 is 2.65 bits per heavy atom. The van der Waals surface area contributed by atoms with Crippen LogP contribution in [0.4, 0.5) is 14.5 Å². The van der Waals surface area contributed by atoms with Crippen LogP contribution in [0.5, 0.6) is 0 Å². The van der Waals surface area contributed by atoms with Crippen LogP contribution < -0.4 is 5.32 Å². The van der Waals surface area contributed by atoms with E-state index in [4.69, 9.17) is 0 Å². The van der Waals surface area contributed by atoms with E-state index in [2.05, 4.69) is 35.5 Å². The predicted octanol–water partition coefficient (Wildman–Crippen LogP) is 6.22. The molecule has 0 radical (unpaired) electrons. The van der Waals surface area contributed by atoms with Crippen molar-refractivity contribution in [2.45, 2.75) is 32.1 Å². The smallest absolute Gasteiger partial charge is 0.227 e. The first-order chi connectivity index (χ1) is 22.1. The van der Waals surface area contributed by atoms with Gasteiger partial charge in [-0.3, -0.25) is 14.9 Å². The van der Waals surface area contributed by atoms with Crippen LogP contribution in [0.1, 0.15) is 31.2 Å². The highest BCUT2D eigenvalue weighted by atomic mass is 32.2. The van der Waals surface area contributed by atoms with Crippen molar-refractivity contribution < 1.29 is 22.0 Å². The molecule has 0 bridgehead atoms. The normalized spacial score (nSPS) is 14.0. The SMILES string of the molecule is CS(=O)(=O)CCc1cc(F)cc(-c2ccnc3nc(-c4n[nH]c5cc(F)c(-c6cncc(NC(=O)C7CCCC7)c6)cc45)[nH]c23)c1. The fraction of sp³-hybridized carbons (Fsp3) is 0.242. The summed E-state index contributed by atoms with van der Waals surface area (Å²) < 4.78 is 53.4. The van der Waals surface area contributed by atoms with E-state index >= 15 is 4.39 Å². The first-order valence-electron chi connectivity index (χ1n) is 14.9. The number of fused-ring (bicyclic) bond motifs is 2. The minimum Gasteiger partial charge on any atom is -0.335 e. The van der Waals surface area contributed by atoms with E-state index in [1.54, 1.807) is 36.7 Å². The van der Waals surface area contributed by atoms with Gasteiger partial charge in [0, 0.05) is 52.7 Å². The molecule has 3 N–H and O–H groups in total. The van der Waals surface area contributed by atoms with Gasteiger partial charge in [0.05, 0.1) is 28.7 Å². The van der Waals surface area contributed by atoms with Crippen LogP contribution in [0.15, 0.2) is 61.1 Å². The molecule has 0 unspecified atom stereocenters. The van der Waals surface area contributed by atoms with E-state index in [0.717, 1.165) is 31.9 Å². The van der Waals surface area contributed by atoms with Crippen LogP contribution in [0.2, 0.25) is 0 Å². The number of hydrogen-bond acceptors (Lipinski definition) is 7. The number of hydrogen-bond donors (Lipinski definition) is 3. The minimum atomic E-state index is -3.22. The topological polar surface area (TPSA) is 146 Å². The summed E-state index contributed by atoms with van der Waals surface area (Å²) in [6.07, 6.45) is 9.76. The molecule has 0 atom stereocenters. The number of halogens is 2. The molecular formula is C33H29F2N7O3S. The van der Waals surface area contributed by atoms with Crippen LogP contribution in [-0.4, -0.2) is 56.5 Å². The summed E-state index contributed by atoms with van der Waals surface area (Å²) in [7, 11) is -3.22. The third-order valence-corrected chi connectivity index (χ3v) is 9.29. The van der Waals surface area contributed by atoms with E-state index in [1.165, 1.54) is 24.4 Å². The highest BCUT2D eigenvalue weighted by Gasteiger charge is 2.23. The van der Waals surface area contributed by atoms with Crippen molar-refractivity contribution in [3.63, 3.8) is 0 Å². The van der Waals surface area contributed by atoms with E-state index in [9.17, 15) is 17.6 Å². The Bertz CT molecular complexity index is 2240. The van der Waals surface area contributed by atoms with Gasteiger partial charge in [-0.05, 0) is 60.7 Å². The molecule has 7 rings (SSSR count). The number of aryl methyl sites for hydroxylation is 1. The highest BCUT2D eigenvalue weighted by Crippen LogP contribution is 2.35. The van der Waals surface area contributed by atoms with Crippen molar-refractivity contribution >= 4 is 43.5 Å². The van der Waals surface area contributed by atoms with Gasteiger partial charge in [0.2, 0.25) is 5.91 Å². The standard InChI is InChI=1S/C33H29F2N7O3S/c1-46(44,45)9-7-18-10-20(12-22(34)11-18)24-6-8-37-31-29(24)39-32(40-31)30-26-14-25(27(35)15-28(26)41-42-30)21-13-23(17-36-16-21)38-33(43)19-4-2-3-5-19/h6,8,10-17,19H,2-5,7,9H2,1H3,(H,38,43)(H,41,42)(H,37,39,40). The number of carbonyl (C=O) groups excluding carboxylic acids is 1. The molecule has 4 aromatic heterocycles. The number of nitrogens with one attached hydrogen (secondary N) is 3. The van der Waals surface area contributed by atoms with Gasteiger partial charge >= 0.3 is 0 Å². The zero-order valence-electron chi connectivity index (χ0n) is 24.8. The molecule has 10 nitrogen and oxygen atoms in total. The number of imidazole rings is 1. The highest BCUT2D eigenvalue weighted by molar-refractivity contribution is 7.90. The average Bonchev–Trinajstić information content (AvgIpc) is 3.79. The maximum absolute atomic E-state index is 15.4. The van der Waals surface area contributed by atoms with Crippen molar-refractivity contribution in [2.24, 2.45) is 5.92 Å². The van der Waals surface area contributed by atoms with Crippen molar-refractivity contribution in [2.75, 3.05) is 17.3 Å². The number of aromatic amines is 2. The monoisotopic (exact) mass is 641 g/mol. The van der Waals surface area contributed by atoms with Crippen molar-refractivity contribution in [3.05, 3.63) is 78.3 Å². The zero-order valence-corrected chi connectivity index (χ0v) is 25.6. The quantitative estimate of drug-likeness (QED) is 0.179. The number of sulfone groups is 1. The van der Waals surface area contributed by atoms with E-state index in [-0.39, 0.29) is 29.6 Å².